The van der Waals surface area contributed by atoms with Crippen molar-refractivity contribution < 1.29 is 9.53 Å². The molecule has 0 atom stereocenters. The van der Waals surface area contributed by atoms with E-state index in [9.17, 15) is 4.79 Å². The molecule has 25 heavy (non-hydrogen) atoms. The van der Waals surface area contributed by atoms with Crippen molar-refractivity contribution in [1.29, 1.82) is 0 Å². The number of aromatic nitrogens is 2. The highest BCUT2D eigenvalue weighted by Crippen LogP contribution is 2.14. The second-order valence-corrected chi connectivity index (χ2v) is 6.24. The number of benzene rings is 1. The Bertz CT molecular complexity index is 725. The lowest BCUT2D eigenvalue weighted by molar-refractivity contribution is 0.0787. The molecular weight excluding hydrogens is 316 g/mol. The van der Waals surface area contributed by atoms with Gasteiger partial charge in [0, 0.05) is 25.3 Å². The average molecular weight is 340 g/mol. The van der Waals surface area contributed by atoms with Gasteiger partial charge < -0.3 is 15.0 Å². The predicted octanol–water partition coefficient (Wildman–Crippen LogP) is 2.68. The van der Waals surface area contributed by atoms with Crippen LogP contribution in [0.5, 0.6) is 5.75 Å². The third-order valence-corrected chi connectivity index (χ3v) is 4.32. The Balaban J connectivity index is 1.60. The number of likely N-dealkylation sites (tertiary alicyclic amines) is 1. The first kappa shape index (κ1) is 17.2. The molecule has 1 N–H and O–H groups in total. The van der Waals surface area contributed by atoms with E-state index in [0.717, 1.165) is 43.8 Å². The highest BCUT2D eigenvalue weighted by atomic mass is 16.5. The van der Waals surface area contributed by atoms with Crippen LogP contribution in [0.25, 0.3) is 0 Å². The van der Waals surface area contributed by atoms with Gasteiger partial charge in [-0.2, -0.15) is 0 Å². The molecule has 1 saturated heterocycles. The Hall–Kier alpha value is -2.63. The van der Waals surface area contributed by atoms with Crippen molar-refractivity contribution in [1.82, 2.24) is 14.9 Å². The summed E-state index contributed by atoms with van der Waals surface area (Å²) in [6.45, 7) is 4.23. The van der Waals surface area contributed by atoms with Crippen molar-refractivity contribution in [3.8, 4) is 5.75 Å². The second kappa shape index (κ2) is 7.96. The van der Waals surface area contributed by atoms with Gasteiger partial charge in [0.2, 0.25) is 5.95 Å². The molecule has 1 amide bonds. The minimum absolute atomic E-state index is 0.00112. The maximum atomic E-state index is 12.5. The van der Waals surface area contributed by atoms with Crippen molar-refractivity contribution in [3.05, 3.63) is 47.3 Å². The lowest BCUT2D eigenvalue weighted by Gasteiger charge is -2.15. The van der Waals surface area contributed by atoms with E-state index in [1.54, 1.807) is 13.2 Å². The Kier molecular flexibility index (Phi) is 5.48. The first-order valence-electron chi connectivity index (χ1n) is 8.67. The van der Waals surface area contributed by atoms with Gasteiger partial charge in [-0.25, -0.2) is 9.97 Å². The molecule has 0 saturated carbocycles. The van der Waals surface area contributed by atoms with Gasteiger partial charge in [0.15, 0.2) is 0 Å². The third-order valence-electron chi connectivity index (χ3n) is 4.32. The zero-order valence-corrected chi connectivity index (χ0v) is 14.8. The highest BCUT2D eigenvalue weighted by Gasteiger charge is 2.21. The van der Waals surface area contributed by atoms with Gasteiger partial charge in [0.1, 0.15) is 11.4 Å². The molecular formula is C19H24N4O2. The SMILES string of the molecule is COc1ccc(CCNc2nc(C)cc(C(=O)N3CCCC3)n2)cc1. The number of ether oxygens (including phenoxy) is 1. The minimum atomic E-state index is 0.00112. The summed E-state index contributed by atoms with van der Waals surface area (Å²) in [4.78, 5) is 23.2. The van der Waals surface area contributed by atoms with E-state index in [4.69, 9.17) is 4.74 Å². The lowest BCUT2D eigenvalue weighted by Crippen LogP contribution is -2.28. The van der Waals surface area contributed by atoms with Crippen molar-refractivity contribution in [2.45, 2.75) is 26.2 Å². The summed E-state index contributed by atoms with van der Waals surface area (Å²) >= 11 is 0. The van der Waals surface area contributed by atoms with Crippen molar-refractivity contribution in [2.24, 2.45) is 0 Å². The van der Waals surface area contributed by atoms with Gasteiger partial charge in [-0.05, 0) is 49.9 Å². The maximum Gasteiger partial charge on any atom is 0.272 e. The van der Waals surface area contributed by atoms with E-state index >= 15 is 0 Å². The molecule has 0 aliphatic carbocycles. The Morgan fingerprint density at radius 1 is 1.20 bits per heavy atom. The molecule has 0 radical (unpaired) electrons. The number of anilines is 1. The fourth-order valence-electron chi connectivity index (χ4n) is 2.95. The largest absolute Gasteiger partial charge is 0.497 e. The molecule has 1 aliphatic rings. The molecule has 3 rings (SSSR count). The smallest absolute Gasteiger partial charge is 0.272 e. The molecule has 1 aliphatic heterocycles. The summed E-state index contributed by atoms with van der Waals surface area (Å²) < 4.78 is 5.16. The average Bonchev–Trinajstić information content (AvgIpc) is 3.16. The number of nitrogens with one attached hydrogen (secondary N) is 1. The normalized spacial score (nSPS) is 13.8. The van der Waals surface area contributed by atoms with Gasteiger partial charge in [-0.1, -0.05) is 12.1 Å². The van der Waals surface area contributed by atoms with Crippen molar-refractivity contribution in [2.75, 3.05) is 32.1 Å². The van der Waals surface area contributed by atoms with Crippen LogP contribution in [-0.4, -0.2) is 47.5 Å². The minimum Gasteiger partial charge on any atom is -0.497 e. The zero-order valence-electron chi connectivity index (χ0n) is 14.8. The molecule has 1 fully saturated rings. The zero-order chi connectivity index (χ0) is 17.6. The van der Waals surface area contributed by atoms with Gasteiger partial charge in [-0.3, -0.25) is 4.79 Å². The maximum absolute atomic E-state index is 12.5. The molecule has 0 spiro atoms. The molecule has 6 nitrogen and oxygen atoms in total. The summed E-state index contributed by atoms with van der Waals surface area (Å²) in [6.07, 6.45) is 2.99. The third kappa shape index (κ3) is 4.47. The standard InChI is InChI=1S/C19H24N4O2/c1-14-13-17(18(24)23-11-3-4-12-23)22-19(21-14)20-10-9-15-5-7-16(25-2)8-6-15/h5-8,13H,3-4,9-12H2,1-2H3,(H,20,21,22). The number of carbonyl (C=O) groups is 1. The monoisotopic (exact) mass is 340 g/mol. The van der Waals surface area contributed by atoms with Crippen LogP contribution in [0.1, 0.15) is 34.6 Å². The summed E-state index contributed by atoms with van der Waals surface area (Å²) in [5.74, 6) is 1.36. The number of rotatable bonds is 6. The van der Waals surface area contributed by atoms with E-state index < -0.39 is 0 Å². The van der Waals surface area contributed by atoms with Crippen LogP contribution in [0.15, 0.2) is 30.3 Å². The van der Waals surface area contributed by atoms with Crippen LogP contribution in [0.2, 0.25) is 0 Å². The van der Waals surface area contributed by atoms with Crippen molar-refractivity contribution in [3.63, 3.8) is 0 Å². The van der Waals surface area contributed by atoms with Crippen LogP contribution in [-0.2, 0) is 6.42 Å². The summed E-state index contributed by atoms with van der Waals surface area (Å²) in [5.41, 5.74) is 2.47. The van der Waals surface area contributed by atoms with Crippen molar-refractivity contribution >= 4 is 11.9 Å². The molecule has 1 aromatic heterocycles. The Morgan fingerprint density at radius 2 is 1.92 bits per heavy atom. The van der Waals surface area contributed by atoms with E-state index in [-0.39, 0.29) is 5.91 Å². The van der Waals surface area contributed by atoms with Crippen LogP contribution >= 0.6 is 0 Å². The van der Waals surface area contributed by atoms with Gasteiger partial charge >= 0.3 is 0 Å². The fourth-order valence-corrected chi connectivity index (χ4v) is 2.95. The van der Waals surface area contributed by atoms with E-state index in [1.165, 1.54) is 5.56 Å². The number of hydrogen-bond donors (Lipinski definition) is 1. The summed E-state index contributed by atoms with van der Waals surface area (Å²) in [5, 5.41) is 3.22. The number of nitrogens with zero attached hydrogens (tertiary/aromatic N) is 3. The number of methoxy groups -OCH3 is 1. The molecule has 132 valence electrons. The fraction of sp³-hybridized carbons (Fsp3) is 0.421. The molecule has 1 aromatic carbocycles. The first-order chi connectivity index (χ1) is 12.2. The molecule has 2 heterocycles. The molecule has 0 bridgehead atoms. The molecule has 6 heteroatoms. The quantitative estimate of drug-likeness (QED) is 0.876. The lowest BCUT2D eigenvalue weighted by atomic mass is 10.1. The van der Waals surface area contributed by atoms with E-state index in [2.05, 4.69) is 15.3 Å². The highest BCUT2D eigenvalue weighted by molar-refractivity contribution is 5.92. The van der Waals surface area contributed by atoms with Gasteiger partial charge in [0.05, 0.1) is 7.11 Å². The Morgan fingerprint density at radius 3 is 2.60 bits per heavy atom. The predicted molar refractivity (Wildman–Crippen MR) is 97.1 cm³/mol. The van der Waals surface area contributed by atoms with E-state index in [1.807, 2.05) is 36.1 Å². The Labute approximate surface area is 148 Å². The molecule has 2 aromatic rings. The van der Waals surface area contributed by atoms with Crippen LogP contribution < -0.4 is 10.1 Å². The molecule has 0 unspecified atom stereocenters. The number of amides is 1. The number of carbonyl (C=O) groups excluding carboxylic acids is 1. The first-order valence-corrected chi connectivity index (χ1v) is 8.67. The summed E-state index contributed by atoms with van der Waals surface area (Å²) in [6, 6.07) is 9.74. The van der Waals surface area contributed by atoms with E-state index in [0.29, 0.717) is 18.2 Å². The van der Waals surface area contributed by atoms with Crippen LogP contribution in [0.3, 0.4) is 0 Å². The number of aryl methyl sites for hydroxylation is 1. The summed E-state index contributed by atoms with van der Waals surface area (Å²) in [7, 11) is 1.66. The van der Waals surface area contributed by atoms with Gasteiger partial charge in [0.25, 0.3) is 5.91 Å². The van der Waals surface area contributed by atoms with Crippen LogP contribution in [0.4, 0.5) is 5.95 Å². The van der Waals surface area contributed by atoms with Gasteiger partial charge in [-0.15, -0.1) is 0 Å². The topological polar surface area (TPSA) is 67.3 Å². The second-order valence-electron chi connectivity index (χ2n) is 6.24. The number of hydrogen-bond acceptors (Lipinski definition) is 5. The van der Waals surface area contributed by atoms with Crippen LogP contribution in [0, 0.1) is 6.92 Å².